The summed E-state index contributed by atoms with van der Waals surface area (Å²) >= 11 is 0. The molecule has 0 radical (unpaired) electrons. The van der Waals surface area contributed by atoms with Crippen LogP contribution in [0, 0.1) is 0 Å². The first-order valence-corrected chi connectivity index (χ1v) is 8.00. The van der Waals surface area contributed by atoms with Gasteiger partial charge in [-0.05, 0) is 43.3 Å². The number of rotatable bonds is 4. The zero-order valence-electron chi connectivity index (χ0n) is 13.6. The van der Waals surface area contributed by atoms with Crippen LogP contribution in [0.4, 0.5) is 0 Å². The summed E-state index contributed by atoms with van der Waals surface area (Å²) in [5, 5.41) is 7.03. The number of fused-ring (bicyclic) bond motifs is 3. The van der Waals surface area contributed by atoms with Crippen molar-refractivity contribution < 1.29 is 9.21 Å². The van der Waals surface area contributed by atoms with Gasteiger partial charge in [-0.3, -0.25) is 9.59 Å². The van der Waals surface area contributed by atoms with Crippen LogP contribution in [0.5, 0.6) is 0 Å². The number of aromatic nitrogens is 3. The van der Waals surface area contributed by atoms with Gasteiger partial charge >= 0.3 is 0 Å². The summed E-state index contributed by atoms with van der Waals surface area (Å²) in [6, 6.07) is 10.5. The summed E-state index contributed by atoms with van der Waals surface area (Å²) in [7, 11) is 0. The zero-order valence-corrected chi connectivity index (χ0v) is 13.6. The van der Waals surface area contributed by atoms with Gasteiger partial charge in [0, 0.05) is 12.1 Å². The van der Waals surface area contributed by atoms with Crippen molar-refractivity contribution in [3.8, 4) is 0 Å². The highest BCUT2D eigenvalue weighted by Crippen LogP contribution is 2.16. The van der Waals surface area contributed by atoms with Crippen LogP contribution in [0.2, 0.25) is 0 Å². The maximum absolute atomic E-state index is 12.6. The molecule has 0 bridgehead atoms. The summed E-state index contributed by atoms with van der Waals surface area (Å²) in [4.78, 5) is 25.0. The Labute approximate surface area is 142 Å². The average Bonchev–Trinajstić information content (AvgIpc) is 3.31. The molecule has 0 fully saturated rings. The number of furan rings is 1. The first-order chi connectivity index (χ1) is 12.2. The Morgan fingerprint density at radius 3 is 2.84 bits per heavy atom. The van der Waals surface area contributed by atoms with E-state index in [9.17, 15) is 9.59 Å². The van der Waals surface area contributed by atoms with Crippen molar-refractivity contribution >= 4 is 22.5 Å². The summed E-state index contributed by atoms with van der Waals surface area (Å²) in [6.45, 7) is 2.72. The van der Waals surface area contributed by atoms with Gasteiger partial charge in [0.2, 0.25) is 0 Å². The van der Waals surface area contributed by atoms with Crippen molar-refractivity contribution in [3.63, 3.8) is 0 Å². The van der Waals surface area contributed by atoms with Gasteiger partial charge in [-0.15, -0.1) is 0 Å². The van der Waals surface area contributed by atoms with Crippen LogP contribution in [-0.4, -0.2) is 20.1 Å². The molecule has 25 heavy (non-hydrogen) atoms. The molecule has 0 unspecified atom stereocenters. The molecule has 0 saturated carbocycles. The Morgan fingerprint density at radius 1 is 1.20 bits per heavy atom. The van der Waals surface area contributed by atoms with Crippen molar-refractivity contribution in [2.45, 2.75) is 20.0 Å². The smallest absolute Gasteiger partial charge is 0.277 e. The lowest BCUT2D eigenvalue weighted by Crippen LogP contribution is -2.24. The zero-order chi connectivity index (χ0) is 17.4. The van der Waals surface area contributed by atoms with Crippen molar-refractivity contribution in [1.29, 1.82) is 0 Å². The van der Waals surface area contributed by atoms with E-state index in [4.69, 9.17) is 4.42 Å². The van der Waals surface area contributed by atoms with Gasteiger partial charge in [-0.25, -0.2) is 4.52 Å². The Balaban J connectivity index is 1.77. The van der Waals surface area contributed by atoms with Gasteiger partial charge < -0.3 is 14.3 Å². The fraction of sp³-hybridized carbons (Fsp3) is 0.167. The summed E-state index contributed by atoms with van der Waals surface area (Å²) in [6.07, 6.45) is 3.16. The lowest BCUT2D eigenvalue weighted by Gasteiger charge is -2.11. The predicted molar refractivity (Wildman–Crippen MR) is 92.5 cm³/mol. The van der Waals surface area contributed by atoms with E-state index < -0.39 is 0 Å². The number of amides is 1. The van der Waals surface area contributed by atoms with Crippen LogP contribution in [0.15, 0.2) is 58.1 Å². The topological polar surface area (TPSA) is 81.5 Å². The van der Waals surface area contributed by atoms with Crippen LogP contribution in [0.25, 0.3) is 16.6 Å². The molecular formula is C18H16N4O3. The molecule has 1 aromatic carbocycles. The minimum Gasteiger partial charge on any atom is -0.467 e. The van der Waals surface area contributed by atoms with Gasteiger partial charge in [-0.2, -0.15) is 5.10 Å². The fourth-order valence-corrected chi connectivity index (χ4v) is 2.96. The Kier molecular flexibility index (Phi) is 3.61. The fourth-order valence-electron chi connectivity index (χ4n) is 2.96. The minimum atomic E-state index is -0.228. The Bertz CT molecular complexity index is 1120. The maximum Gasteiger partial charge on any atom is 0.277 e. The van der Waals surface area contributed by atoms with Crippen LogP contribution in [0.3, 0.4) is 0 Å². The van der Waals surface area contributed by atoms with Crippen molar-refractivity contribution in [1.82, 2.24) is 19.5 Å². The molecule has 0 saturated heterocycles. The molecule has 0 aliphatic rings. The van der Waals surface area contributed by atoms with E-state index in [1.54, 1.807) is 51.9 Å². The number of benzene rings is 1. The highest BCUT2D eigenvalue weighted by atomic mass is 16.3. The van der Waals surface area contributed by atoms with E-state index in [1.165, 1.54) is 0 Å². The van der Waals surface area contributed by atoms with Crippen LogP contribution in [0.1, 0.15) is 23.0 Å². The highest BCUT2D eigenvalue weighted by molar-refractivity contribution is 5.97. The lowest BCUT2D eigenvalue weighted by molar-refractivity contribution is 0.0948. The molecule has 7 heteroatoms. The quantitative estimate of drug-likeness (QED) is 0.619. The molecule has 1 amide bonds. The van der Waals surface area contributed by atoms with E-state index in [2.05, 4.69) is 10.4 Å². The third-order valence-electron chi connectivity index (χ3n) is 4.18. The monoisotopic (exact) mass is 336 g/mol. The van der Waals surface area contributed by atoms with Crippen molar-refractivity contribution in [2.75, 3.05) is 0 Å². The summed E-state index contributed by atoms with van der Waals surface area (Å²) in [5.41, 5.74) is 2.33. The van der Waals surface area contributed by atoms with E-state index in [0.29, 0.717) is 35.4 Å². The molecule has 126 valence electrons. The van der Waals surface area contributed by atoms with Gasteiger partial charge in [0.05, 0.1) is 30.0 Å². The predicted octanol–water partition coefficient (Wildman–Crippen LogP) is 2.19. The number of carbonyl (C=O) groups is 1. The minimum absolute atomic E-state index is 0.124. The molecule has 4 aromatic rings. The van der Waals surface area contributed by atoms with Crippen LogP contribution < -0.4 is 10.9 Å². The molecule has 0 spiro atoms. The van der Waals surface area contributed by atoms with E-state index in [-0.39, 0.29) is 11.5 Å². The van der Waals surface area contributed by atoms with E-state index >= 15 is 0 Å². The van der Waals surface area contributed by atoms with Gasteiger partial charge in [0.1, 0.15) is 11.3 Å². The second-order valence-corrected chi connectivity index (χ2v) is 5.64. The van der Waals surface area contributed by atoms with Crippen molar-refractivity contribution in [2.24, 2.45) is 0 Å². The third kappa shape index (κ3) is 2.50. The highest BCUT2D eigenvalue weighted by Gasteiger charge is 2.13. The summed E-state index contributed by atoms with van der Waals surface area (Å²) < 4.78 is 8.46. The maximum atomic E-state index is 12.6. The SMILES string of the molecule is CCn1c(=O)c2ccnn2c2ccc(C(=O)NCc3ccco3)cc21. The van der Waals surface area contributed by atoms with Crippen molar-refractivity contribution in [3.05, 3.63) is 70.5 Å². The average molecular weight is 336 g/mol. The number of nitrogens with one attached hydrogen (secondary N) is 1. The molecule has 3 aromatic heterocycles. The number of hydrogen-bond acceptors (Lipinski definition) is 4. The molecule has 4 rings (SSSR count). The first-order valence-electron chi connectivity index (χ1n) is 8.00. The molecule has 3 heterocycles. The van der Waals surface area contributed by atoms with Gasteiger partial charge in [-0.1, -0.05) is 0 Å². The molecule has 7 nitrogen and oxygen atoms in total. The van der Waals surface area contributed by atoms with E-state index in [0.717, 1.165) is 5.52 Å². The molecule has 0 aliphatic heterocycles. The van der Waals surface area contributed by atoms with Gasteiger partial charge in [0.25, 0.3) is 11.5 Å². The standard InChI is InChI=1S/C18H16N4O3/c1-2-21-16-10-12(17(23)19-11-13-4-3-9-25-13)5-6-14(16)22-15(18(21)24)7-8-20-22/h3-10H,2,11H2,1H3,(H,19,23). The number of hydrogen-bond donors (Lipinski definition) is 1. The Morgan fingerprint density at radius 2 is 2.08 bits per heavy atom. The lowest BCUT2D eigenvalue weighted by atomic mass is 10.1. The Hall–Kier alpha value is -3.35. The molecule has 0 atom stereocenters. The molecular weight excluding hydrogens is 320 g/mol. The largest absolute Gasteiger partial charge is 0.467 e. The normalized spacial score (nSPS) is 11.2. The first kappa shape index (κ1) is 15.2. The number of nitrogens with zero attached hydrogens (tertiary/aromatic N) is 3. The molecule has 0 aliphatic carbocycles. The third-order valence-corrected chi connectivity index (χ3v) is 4.18. The van der Waals surface area contributed by atoms with Crippen LogP contribution in [-0.2, 0) is 13.1 Å². The van der Waals surface area contributed by atoms with E-state index in [1.807, 2.05) is 13.0 Å². The second kappa shape index (κ2) is 5.94. The molecule has 1 N–H and O–H groups in total. The number of carbonyl (C=O) groups excluding carboxylic acids is 1. The second-order valence-electron chi connectivity index (χ2n) is 5.64. The van der Waals surface area contributed by atoms with Crippen LogP contribution >= 0.6 is 0 Å². The summed E-state index contributed by atoms with van der Waals surface area (Å²) in [5.74, 6) is 0.451. The number of aryl methyl sites for hydroxylation is 1. The van der Waals surface area contributed by atoms with Gasteiger partial charge in [0.15, 0.2) is 0 Å².